The Morgan fingerprint density at radius 3 is 2.34 bits per heavy atom. The van der Waals surface area contributed by atoms with Crippen LogP contribution in [-0.2, 0) is 4.79 Å². The first-order valence-electron chi connectivity index (χ1n) is 10.4. The molecule has 0 unspecified atom stereocenters. The first-order valence-corrected chi connectivity index (χ1v) is 12.2. The summed E-state index contributed by atoms with van der Waals surface area (Å²) >= 11 is 2.90. The number of carbonyl (C=O) groups excluding carboxylic acids is 3. The molecule has 32 heavy (non-hydrogen) atoms. The van der Waals surface area contributed by atoms with Gasteiger partial charge in [0.05, 0.1) is 17.0 Å². The highest BCUT2D eigenvalue weighted by Gasteiger charge is 2.21. The van der Waals surface area contributed by atoms with Gasteiger partial charge >= 0.3 is 0 Å². The van der Waals surface area contributed by atoms with Gasteiger partial charge in [0.1, 0.15) is 0 Å². The summed E-state index contributed by atoms with van der Waals surface area (Å²) in [6.45, 7) is 3.02. The zero-order chi connectivity index (χ0) is 22.3. The minimum Gasteiger partial charge on any atom is -0.337 e. The molecule has 1 aliphatic heterocycles. The van der Waals surface area contributed by atoms with Crippen LogP contribution in [0.1, 0.15) is 26.5 Å². The molecule has 2 aromatic heterocycles. The Morgan fingerprint density at radius 1 is 0.875 bits per heavy atom. The molecule has 0 atom stereocenters. The number of amides is 3. The third-order valence-electron chi connectivity index (χ3n) is 5.18. The maximum absolute atomic E-state index is 12.6. The Hall–Kier alpha value is -3.01. The molecule has 3 aromatic rings. The van der Waals surface area contributed by atoms with E-state index in [4.69, 9.17) is 0 Å². The molecule has 166 valence electrons. The van der Waals surface area contributed by atoms with Gasteiger partial charge < -0.3 is 15.5 Å². The van der Waals surface area contributed by atoms with Gasteiger partial charge in [-0.3, -0.25) is 19.3 Å². The zero-order valence-electron chi connectivity index (χ0n) is 17.5. The lowest BCUT2D eigenvalue weighted by Crippen LogP contribution is -2.37. The van der Waals surface area contributed by atoms with E-state index >= 15 is 0 Å². The summed E-state index contributed by atoms with van der Waals surface area (Å²) in [5.41, 5.74) is 2.08. The van der Waals surface area contributed by atoms with Crippen molar-refractivity contribution in [3.63, 3.8) is 0 Å². The predicted octanol–water partition coefficient (Wildman–Crippen LogP) is 3.85. The van der Waals surface area contributed by atoms with Gasteiger partial charge in [-0.2, -0.15) is 11.3 Å². The lowest BCUT2D eigenvalue weighted by molar-refractivity contribution is -0.117. The number of nitrogens with zero attached hydrogens (tertiary/aromatic N) is 2. The van der Waals surface area contributed by atoms with Gasteiger partial charge in [-0.1, -0.05) is 6.07 Å². The van der Waals surface area contributed by atoms with Gasteiger partial charge in [-0.15, -0.1) is 11.3 Å². The smallest absolute Gasteiger partial charge is 0.265 e. The number of carbonyl (C=O) groups is 3. The molecule has 2 N–H and O–H groups in total. The molecule has 0 spiro atoms. The monoisotopic (exact) mass is 468 g/mol. The second-order valence-electron chi connectivity index (χ2n) is 7.49. The van der Waals surface area contributed by atoms with E-state index < -0.39 is 0 Å². The fourth-order valence-electron chi connectivity index (χ4n) is 3.54. The average Bonchev–Trinajstić information content (AvgIpc) is 3.47. The summed E-state index contributed by atoms with van der Waals surface area (Å²) in [6, 6.07) is 12.5. The zero-order valence-corrected chi connectivity index (χ0v) is 19.1. The third-order valence-corrected chi connectivity index (χ3v) is 6.73. The molecule has 7 nitrogen and oxygen atoms in total. The molecule has 4 rings (SSSR count). The number of benzene rings is 1. The summed E-state index contributed by atoms with van der Waals surface area (Å²) in [7, 11) is 0. The van der Waals surface area contributed by atoms with Crippen LogP contribution < -0.4 is 10.6 Å². The Bertz CT molecular complexity index is 1050. The van der Waals surface area contributed by atoms with Crippen molar-refractivity contribution in [1.82, 2.24) is 9.80 Å². The second kappa shape index (κ2) is 10.5. The molecule has 1 aliphatic rings. The van der Waals surface area contributed by atoms with E-state index in [1.54, 1.807) is 30.3 Å². The van der Waals surface area contributed by atoms with Gasteiger partial charge in [0.15, 0.2) is 0 Å². The van der Waals surface area contributed by atoms with E-state index in [0.717, 1.165) is 18.5 Å². The molecule has 0 bridgehead atoms. The Balaban J connectivity index is 1.24. The van der Waals surface area contributed by atoms with Crippen LogP contribution in [0.15, 0.2) is 58.6 Å². The van der Waals surface area contributed by atoms with Crippen LogP contribution in [0.5, 0.6) is 0 Å². The second-order valence-corrected chi connectivity index (χ2v) is 9.22. The molecule has 0 aliphatic carbocycles. The lowest BCUT2D eigenvalue weighted by Gasteiger charge is -2.21. The van der Waals surface area contributed by atoms with Gasteiger partial charge in [-0.25, -0.2) is 0 Å². The number of rotatable bonds is 6. The molecule has 3 heterocycles. The van der Waals surface area contributed by atoms with Crippen molar-refractivity contribution >= 4 is 51.8 Å². The normalized spacial score (nSPS) is 14.6. The molecule has 1 saturated heterocycles. The Kier molecular flexibility index (Phi) is 7.31. The lowest BCUT2D eigenvalue weighted by atomic mass is 10.2. The van der Waals surface area contributed by atoms with Crippen LogP contribution in [0, 0.1) is 0 Å². The van der Waals surface area contributed by atoms with Crippen molar-refractivity contribution in [3.05, 3.63) is 69.0 Å². The Labute approximate surface area is 194 Å². The van der Waals surface area contributed by atoms with E-state index in [9.17, 15) is 14.4 Å². The van der Waals surface area contributed by atoms with Gasteiger partial charge in [0, 0.05) is 42.9 Å². The van der Waals surface area contributed by atoms with Crippen LogP contribution in [0.2, 0.25) is 0 Å². The summed E-state index contributed by atoms with van der Waals surface area (Å²) in [4.78, 5) is 41.8. The van der Waals surface area contributed by atoms with Crippen LogP contribution in [-0.4, -0.2) is 60.2 Å². The number of hydrogen-bond donors (Lipinski definition) is 2. The van der Waals surface area contributed by atoms with Crippen molar-refractivity contribution < 1.29 is 14.4 Å². The van der Waals surface area contributed by atoms with Crippen molar-refractivity contribution in [2.24, 2.45) is 0 Å². The quantitative estimate of drug-likeness (QED) is 0.576. The summed E-state index contributed by atoms with van der Waals surface area (Å²) in [5.74, 6) is -0.189. The van der Waals surface area contributed by atoms with Crippen LogP contribution in [0.25, 0.3) is 0 Å². The maximum Gasteiger partial charge on any atom is 0.265 e. The third kappa shape index (κ3) is 5.82. The van der Waals surface area contributed by atoms with E-state index in [2.05, 4.69) is 15.5 Å². The van der Waals surface area contributed by atoms with Gasteiger partial charge in [0.2, 0.25) is 5.91 Å². The van der Waals surface area contributed by atoms with Gasteiger partial charge in [-0.05, 0) is 53.6 Å². The number of thiophene rings is 2. The maximum atomic E-state index is 12.6. The molecule has 0 radical (unpaired) electrons. The minimum absolute atomic E-state index is 0.0591. The summed E-state index contributed by atoms with van der Waals surface area (Å²) in [6.07, 6.45) is 0.835. The molecule has 0 saturated carbocycles. The van der Waals surface area contributed by atoms with Crippen LogP contribution in [0.4, 0.5) is 11.4 Å². The first-order chi connectivity index (χ1) is 15.6. The fourth-order valence-corrected chi connectivity index (χ4v) is 4.79. The standard InChI is InChI=1S/C23H24N4O3S2/c28-21(15-26-9-2-10-27(12-11-26)23(30)17-8-14-31-16-17)24-18-4-6-19(7-5-18)25-22(29)20-3-1-13-32-20/h1,3-8,13-14,16H,2,9-12,15H2,(H,24,28)(H,25,29). The van der Waals surface area contributed by atoms with Crippen LogP contribution >= 0.6 is 22.7 Å². The predicted molar refractivity (Wildman–Crippen MR) is 129 cm³/mol. The number of anilines is 2. The molecule has 1 aromatic carbocycles. The molecule has 1 fully saturated rings. The highest BCUT2D eigenvalue weighted by Crippen LogP contribution is 2.17. The average molecular weight is 469 g/mol. The highest BCUT2D eigenvalue weighted by atomic mass is 32.1. The number of hydrogen-bond acceptors (Lipinski definition) is 6. The van der Waals surface area contributed by atoms with Crippen molar-refractivity contribution in [1.29, 1.82) is 0 Å². The van der Waals surface area contributed by atoms with Crippen LogP contribution in [0.3, 0.4) is 0 Å². The number of nitrogens with one attached hydrogen (secondary N) is 2. The van der Waals surface area contributed by atoms with E-state index in [1.807, 2.05) is 33.2 Å². The van der Waals surface area contributed by atoms with E-state index in [0.29, 0.717) is 35.9 Å². The summed E-state index contributed by atoms with van der Waals surface area (Å²) < 4.78 is 0. The fraction of sp³-hybridized carbons (Fsp3) is 0.261. The van der Waals surface area contributed by atoms with Gasteiger partial charge in [0.25, 0.3) is 11.8 Å². The topological polar surface area (TPSA) is 81.8 Å². The highest BCUT2D eigenvalue weighted by molar-refractivity contribution is 7.12. The first kappa shape index (κ1) is 22.2. The van der Waals surface area contributed by atoms with Crippen molar-refractivity contribution in [2.45, 2.75) is 6.42 Å². The molecule has 3 amide bonds. The minimum atomic E-state index is -0.149. The molecular formula is C23H24N4O3S2. The SMILES string of the molecule is O=C(CN1CCCN(C(=O)c2ccsc2)CC1)Nc1ccc(NC(=O)c2cccs2)cc1. The molecular weight excluding hydrogens is 444 g/mol. The van der Waals surface area contributed by atoms with Crippen molar-refractivity contribution in [3.8, 4) is 0 Å². The van der Waals surface area contributed by atoms with Crippen molar-refractivity contribution in [2.75, 3.05) is 43.4 Å². The van der Waals surface area contributed by atoms with E-state index in [1.165, 1.54) is 22.7 Å². The van der Waals surface area contributed by atoms with E-state index in [-0.39, 0.29) is 24.3 Å². The largest absolute Gasteiger partial charge is 0.337 e. The molecule has 9 heteroatoms. The summed E-state index contributed by atoms with van der Waals surface area (Å²) in [5, 5.41) is 11.4. The Morgan fingerprint density at radius 2 is 1.66 bits per heavy atom.